The molecule has 0 saturated carbocycles. The van der Waals surface area contributed by atoms with Crippen molar-refractivity contribution in [1.29, 1.82) is 5.26 Å². The molecule has 0 radical (unpaired) electrons. The molecule has 3 nitrogen and oxygen atoms in total. The Morgan fingerprint density at radius 2 is 1.72 bits per heavy atom. The largest absolute Gasteiger partial charge is 0.315 e. The minimum atomic E-state index is -0.541. The molecule has 0 spiro atoms. The summed E-state index contributed by atoms with van der Waals surface area (Å²) in [6.07, 6.45) is 0. The van der Waals surface area contributed by atoms with E-state index in [1.165, 1.54) is 0 Å². The van der Waals surface area contributed by atoms with Crippen molar-refractivity contribution in [2.75, 3.05) is 5.32 Å². The van der Waals surface area contributed by atoms with Crippen molar-refractivity contribution in [1.82, 2.24) is 0 Å². The molecule has 0 aliphatic rings. The van der Waals surface area contributed by atoms with Gasteiger partial charge in [-0.05, 0) is 53.9 Å². The molecule has 5 heteroatoms. The van der Waals surface area contributed by atoms with Gasteiger partial charge in [0.15, 0.2) is 0 Å². The number of carbonyl (C=O) groups is 1. The second-order valence-corrected chi connectivity index (χ2v) is 7.22. The Balaban J connectivity index is 1.84. The van der Waals surface area contributed by atoms with E-state index in [1.54, 1.807) is 30.3 Å². The molecule has 3 aromatic rings. The van der Waals surface area contributed by atoms with E-state index in [2.05, 4.69) is 23.2 Å². The lowest BCUT2D eigenvalue weighted by atomic mass is 9.91. The number of nitriles is 1. The fraction of sp³-hybridized carbons (Fsp3) is 0.0833. The third kappa shape index (κ3) is 5.18. The van der Waals surface area contributed by atoms with Crippen molar-refractivity contribution in [2.45, 2.75) is 12.8 Å². The van der Waals surface area contributed by atoms with Crippen LogP contribution in [0.2, 0.25) is 10.0 Å². The van der Waals surface area contributed by atoms with Gasteiger partial charge in [-0.3, -0.25) is 4.79 Å². The molecular weight excluding hydrogens is 403 g/mol. The molecule has 1 atom stereocenters. The first-order valence-corrected chi connectivity index (χ1v) is 9.56. The van der Waals surface area contributed by atoms with Gasteiger partial charge >= 0.3 is 5.91 Å². The zero-order valence-electron chi connectivity index (χ0n) is 15.5. The van der Waals surface area contributed by atoms with Gasteiger partial charge in [-0.2, -0.15) is 5.26 Å². The molecule has 3 rings (SSSR count). The summed E-state index contributed by atoms with van der Waals surface area (Å²) in [5.41, 5.74) is 3.56. The first-order valence-electron chi connectivity index (χ1n) is 8.81. The average Bonchev–Trinajstić information content (AvgIpc) is 2.72. The lowest BCUT2D eigenvalue weighted by Gasteiger charge is -2.15. The van der Waals surface area contributed by atoms with Crippen molar-refractivity contribution in [3.63, 3.8) is 0 Å². The van der Waals surface area contributed by atoms with Gasteiger partial charge in [-0.15, -0.1) is 0 Å². The Hall–Kier alpha value is -3.24. The van der Waals surface area contributed by atoms with E-state index in [9.17, 15) is 10.1 Å². The topological polar surface area (TPSA) is 52.9 Å². The molecule has 0 aliphatic carbocycles. The predicted octanol–water partition coefficient (Wildman–Crippen LogP) is 5.95. The standard InChI is InChI=1S/C24H16Cl2N2O/c1-16-13-20(21(15-27)18-8-10-19(25)11-9-18)22(26)14-23(16)28-24(29)12-7-17-5-3-2-4-6-17/h2-6,8-11,13-14,21H,1H3,(H,28,29)/t21-/m1/s1. The third-order valence-corrected chi connectivity index (χ3v) is 4.91. The molecule has 0 heterocycles. The van der Waals surface area contributed by atoms with Crippen molar-refractivity contribution < 1.29 is 4.79 Å². The van der Waals surface area contributed by atoms with Gasteiger partial charge in [0.1, 0.15) is 0 Å². The van der Waals surface area contributed by atoms with Crippen molar-refractivity contribution in [2.24, 2.45) is 0 Å². The van der Waals surface area contributed by atoms with Crippen molar-refractivity contribution in [3.8, 4) is 17.9 Å². The van der Waals surface area contributed by atoms with Gasteiger partial charge in [-0.25, -0.2) is 0 Å². The predicted molar refractivity (Wildman–Crippen MR) is 117 cm³/mol. The Morgan fingerprint density at radius 3 is 2.38 bits per heavy atom. The van der Waals surface area contributed by atoms with Crippen molar-refractivity contribution >= 4 is 34.8 Å². The van der Waals surface area contributed by atoms with Crippen LogP contribution in [0.15, 0.2) is 66.7 Å². The number of hydrogen-bond donors (Lipinski definition) is 1. The van der Waals surface area contributed by atoms with Crippen LogP contribution >= 0.6 is 23.2 Å². The van der Waals surface area contributed by atoms with Crippen LogP contribution < -0.4 is 5.32 Å². The molecule has 0 aliphatic heterocycles. The smallest absolute Gasteiger partial charge is 0.300 e. The number of nitrogens with zero attached hydrogens (tertiary/aromatic N) is 1. The number of aryl methyl sites for hydroxylation is 1. The number of nitrogens with one attached hydrogen (secondary N) is 1. The monoisotopic (exact) mass is 418 g/mol. The number of anilines is 1. The highest BCUT2D eigenvalue weighted by atomic mass is 35.5. The van der Waals surface area contributed by atoms with Crippen molar-refractivity contribution in [3.05, 3.63) is 99.0 Å². The fourth-order valence-electron chi connectivity index (χ4n) is 2.84. The second kappa shape index (κ2) is 9.30. The van der Waals surface area contributed by atoms with Crippen LogP contribution in [0.25, 0.3) is 0 Å². The van der Waals surface area contributed by atoms with Crippen LogP contribution in [-0.2, 0) is 4.79 Å². The summed E-state index contributed by atoms with van der Waals surface area (Å²) in [6, 6.07) is 22.1. The van der Waals surface area contributed by atoms with E-state index < -0.39 is 11.8 Å². The minimum absolute atomic E-state index is 0.392. The van der Waals surface area contributed by atoms with E-state index in [0.29, 0.717) is 21.3 Å². The summed E-state index contributed by atoms with van der Waals surface area (Å²) in [5, 5.41) is 13.4. The van der Waals surface area contributed by atoms with E-state index in [0.717, 1.165) is 16.7 Å². The van der Waals surface area contributed by atoms with E-state index in [4.69, 9.17) is 23.2 Å². The number of carbonyl (C=O) groups excluding carboxylic acids is 1. The maximum atomic E-state index is 12.2. The quantitative estimate of drug-likeness (QED) is 0.534. The van der Waals surface area contributed by atoms with Crippen LogP contribution in [0.5, 0.6) is 0 Å². The van der Waals surface area contributed by atoms with Crippen LogP contribution in [0.4, 0.5) is 5.69 Å². The highest BCUT2D eigenvalue weighted by Gasteiger charge is 2.18. The van der Waals surface area contributed by atoms with Gasteiger partial charge in [-0.1, -0.05) is 65.5 Å². The molecule has 0 aromatic heterocycles. The van der Waals surface area contributed by atoms with Crippen LogP contribution in [0, 0.1) is 30.1 Å². The summed E-state index contributed by atoms with van der Waals surface area (Å²) < 4.78 is 0. The number of hydrogen-bond acceptors (Lipinski definition) is 2. The van der Waals surface area contributed by atoms with Gasteiger partial charge in [0.2, 0.25) is 0 Å². The Bertz CT molecular complexity index is 1140. The summed E-state index contributed by atoms with van der Waals surface area (Å²) in [4.78, 5) is 12.2. The molecular formula is C24H16Cl2N2O. The molecule has 0 fully saturated rings. The van der Waals surface area contributed by atoms with E-state index >= 15 is 0 Å². The number of halogens is 2. The van der Waals surface area contributed by atoms with Crippen LogP contribution in [0.3, 0.4) is 0 Å². The van der Waals surface area contributed by atoms with Crippen LogP contribution in [-0.4, -0.2) is 5.91 Å². The zero-order valence-corrected chi connectivity index (χ0v) is 17.1. The molecule has 142 valence electrons. The molecule has 0 unspecified atom stereocenters. The van der Waals surface area contributed by atoms with Gasteiger partial charge in [0, 0.05) is 27.2 Å². The lowest BCUT2D eigenvalue weighted by molar-refractivity contribution is -0.111. The van der Waals surface area contributed by atoms with Gasteiger partial charge in [0.05, 0.1) is 12.0 Å². The average molecular weight is 419 g/mol. The first-order chi connectivity index (χ1) is 14.0. The molecule has 1 N–H and O–H groups in total. The van der Waals surface area contributed by atoms with Crippen LogP contribution in [0.1, 0.15) is 28.2 Å². The Kier molecular flexibility index (Phi) is 6.57. The maximum absolute atomic E-state index is 12.2. The molecule has 1 amide bonds. The molecule has 3 aromatic carbocycles. The molecule has 0 bridgehead atoms. The second-order valence-electron chi connectivity index (χ2n) is 6.37. The third-order valence-electron chi connectivity index (χ3n) is 4.33. The SMILES string of the molecule is Cc1cc([C@H](C#N)c2ccc(Cl)cc2)c(Cl)cc1NC(=O)C#Cc1ccccc1. The number of benzene rings is 3. The first kappa shape index (κ1) is 20.5. The highest BCUT2D eigenvalue weighted by Crippen LogP contribution is 2.34. The molecule has 0 saturated heterocycles. The van der Waals surface area contributed by atoms with E-state index in [-0.39, 0.29) is 0 Å². The summed E-state index contributed by atoms with van der Waals surface area (Å²) in [5.74, 6) is 4.40. The molecule has 29 heavy (non-hydrogen) atoms. The highest BCUT2D eigenvalue weighted by molar-refractivity contribution is 6.32. The minimum Gasteiger partial charge on any atom is -0.315 e. The zero-order chi connectivity index (χ0) is 20.8. The van der Waals surface area contributed by atoms with E-state index in [1.807, 2.05) is 43.3 Å². The van der Waals surface area contributed by atoms with Gasteiger partial charge in [0.25, 0.3) is 0 Å². The fourth-order valence-corrected chi connectivity index (χ4v) is 3.24. The Morgan fingerprint density at radius 1 is 1.03 bits per heavy atom. The lowest BCUT2D eigenvalue weighted by Crippen LogP contribution is -2.10. The Labute approximate surface area is 179 Å². The summed E-state index contributed by atoms with van der Waals surface area (Å²) >= 11 is 12.4. The normalized spacial score (nSPS) is 11.0. The summed E-state index contributed by atoms with van der Waals surface area (Å²) in [6.45, 7) is 1.84. The maximum Gasteiger partial charge on any atom is 0.300 e. The number of amides is 1. The van der Waals surface area contributed by atoms with Gasteiger partial charge < -0.3 is 5.32 Å². The summed E-state index contributed by atoms with van der Waals surface area (Å²) in [7, 11) is 0. The number of rotatable bonds is 3.